The van der Waals surface area contributed by atoms with Crippen LogP contribution in [0.1, 0.15) is 26.7 Å². The minimum Gasteiger partial charge on any atom is -0.481 e. The Morgan fingerprint density at radius 3 is 1.53 bits per heavy atom. The predicted octanol–water partition coefficient (Wildman–Crippen LogP) is -0.861. The summed E-state index contributed by atoms with van der Waals surface area (Å²) < 4.78 is 0. The summed E-state index contributed by atoms with van der Waals surface area (Å²) in [6.45, 7) is 2.92. The van der Waals surface area contributed by atoms with Crippen molar-refractivity contribution in [2.24, 2.45) is 0 Å². The molecular formula is C9H16O8. The second-order valence-corrected chi connectivity index (χ2v) is 3.83. The zero-order valence-electron chi connectivity index (χ0n) is 9.45. The molecule has 0 aliphatic rings. The van der Waals surface area contributed by atoms with E-state index in [-0.39, 0.29) is 6.42 Å². The lowest BCUT2D eigenvalue weighted by atomic mass is 10.1. The average molecular weight is 252 g/mol. The number of hydrogen-bond acceptors (Lipinski definition) is 5. The molecule has 0 spiro atoms. The monoisotopic (exact) mass is 252 g/mol. The van der Waals surface area contributed by atoms with Gasteiger partial charge in [0.05, 0.1) is 18.4 Å². The Balaban J connectivity index is 0. The largest absolute Gasteiger partial charge is 0.481 e. The first kappa shape index (κ1) is 17.7. The summed E-state index contributed by atoms with van der Waals surface area (Å²) in [4.78, 5) is 29.3. The topological polar surface area (TPSA) is 152 Å². The zero-order valence-corrected chi connectivity index (χ0v) is 9.45. The van der Waals surface area contributed by atoms with Crippen LogP contribution < -0.4 is 0 Å². The SMILES string of the molecule is CC(C)(O)CC(=O)O.O=C(O)CC(O)C(=O)O. The summed E-state index contributed by atoms with van der Waals surface area (Å²) in [5.41, 5.74) is -1.08. The fraction of sp³-hybridized carbons (Fsp3) is 0.667. The van der Waals surface area contributed by atoms with E-state index < -0.39 is 36.0 Å². The molecule has 5 N–H and O–H groups in total. The standard InChI is InChI=1S/C5H10O3.C4H6O5/c1-5(2,8)3-4(6)7;5-2(4(8)9)1-3(6)7/h8H,3H2,1-2H3,(H,6,7);2,5H,1H2,(H,6,7)(H,8,9). The molecule has 1 atom stereocenters. The smallest absolute Gasteiger partial charge is 0.333 e. The van der Waals surface area contributed by atoms with Crippen LogP contribution in [0.3, 0.4) is 0 Å². The molecule has 0 aromatic rings. The van der Waals surface area contributed by atoms with E-state index in [0.717, 1.165) is 0 Å². The second-order valence-electron chi connectivity index (χ2n) is 3.83. The van der Waals surface area contributed by atoms with Crippen LogP contribution in [0.5, 0.6) is 0 Å². The molecule has 0 aliphatic heterocycles. The maximum atomic E-state index is 9.85. The third-order valence-corrected chi connectivity index (χ3v) is 1.24. The summed E-state index contributed by atoms with van der Waals surface area (Å²) in [6, 6.07) is 0. The Bertz CT molecular complexity index is 277. The van der Waals surface area contributed by atoms with Gasteiger partial charge in [0.25, 0.3) is 0 Å². The van der Waals surface area contributed by atoms with Gasteiger partial charge in [-0.1, -0.05) is 0 Å². The van der Waals surface area contributed by atoms with Crippen LogP contribution >= 0.6 is 0 Å². The Hall–Kier alpha value is -1.67. The van der Waals surface area contributed by atoms with E-state index in [0.29, 0.717) is 0 Å². The van der Waals surface area contributed by atoms with E-state index in [1.165, 1.54) is 13.8 Å². The molecule has 0 aromatic carbocycles. The lowest BCUT2D eigenvalue weighted by Crippen LogP contribution is -2.22. The molecule has 100 valence electrons. The molecule has 0 aromatic heterocycles. The van der Waals surface area contributed by atoms with Gasteiger partial charge in [0, 0.05) is 0 Å². The maximum absolute atomic E-state index is 9.85. The summed E-state index contributed by atoms with van der Waals surface area (Å²) in [6.07, 6.45) is -2.75. The first-order chi connectivity index (χ1) is 7.45. The number of carboxylic acid groups (broad SMARTS) is 3. The van der Waals surface area contributed by atoms with Crippen molar-refractivity contribution in [2.45, 2.75) is 38.4 Å². The van der Waals surface area contributed by atoms with Gasteiger partial charge >= 0.3 is 17.9 Å². The summed E-state index contributed by atoms with van der Waals surface area (Å²) in [5.74, 6) is -3.82. The fourth-order valence-electron chi connectivity index (χ4n) is 0.623. The molecule has 1 unspecified atom stereocenters. The third-order valence-electron chi connectivity index (χ3n) is 1.24. The Morgan fingerprint density at radius 1 is 1.06 bits per heavy atom. The number of aliphatic hydroxyl groups excluding tert-OH is 1. The Labute approximate surface area is 97.1 Å². The van der Waals surface area contributed by atoms with E-state index in [4.69, 9.17) is 25.5 Å². The lowest BCUT2D eigenvalue weighted by Gasteiger charge is -2.12. The Kier molecular flexibility index (Phi) is 7.90. The molecule has 0 radical (unpaired) electrons. The minimum atomic E-state index is -1.79. The molecule has 0 saturated heterocycles. The van der Waals surface area contributed by atoms with Gasteiger partial charge < -0.3 is 25.5 Å². The minimum absolute atomic E-state index is 0.201. The number of rotatable bonds is 5. The summed E-state index contributed by atoms with van der Waals surface area (Å²) in [7, 11) is 0. The molecular weight excluding hydrogens is 236 g/mol. The van der Waals surface area contributed by atoms with Crippen molar-refractivity contribution in [3.05, 3.63) is 0 Å². The number of aliphatic carboxylic acids is 3. The summed E-state index contributed by atoms with van der Waals surface area (Å²) >= 11 is 0. The van der Waals surface area contributed by atoms with Gasteiger partial charge in [-0.05, 0) is 13.8 Å². The van der Waals surface area contributed by atoms with Crippen LogP contribution in [0.25, 0.3) is 0 Å². The van der Waals surface area contributed by atoms with Gasteiger partial charge in [-0.2, -0.15) is 0 Å². The van der Waals surface area contributed by atoms with Crippen molar-refractivity contribution in [2.75, 3.05) is 0 Å². The van der Waals surface area contributed by atoms with E-state index in [1.54, 1.807) is 0 Å². The predicted molar refractivity (Wildman–Crippen MR) is 54.4 cm³/mol. The molecule has 0 rings (SSSR count). The Morgan fingerprint density at radius 2 is 1.47 bits per heavy atom. The van der Waals surface area contributed by atoms with Crippen LogP contribution in [0.2, 0.25) is 0 Å². The number of aliphatic hydroxyl groups is 2. The molecule has 0 fully saturated rings. The van der Waals surface area contributed by atoms with Crippen molar-refractivity contribution in [1.29, 1.82) is 0 Å². The maximum Gasteiger partial charge on any atom is 0.333 e. The number of hydrogen-bond donors (Lipinski definition) is 5. The molecule has 0 amide bonds. The van der Waals surface area contributed by atoms with E-state index >= 15 is 0 Å². The van der Waals surface area contributed by atoms with Gasteiger partial charge in [-0.3, -0.25) is 9.59 Å². The third kappa shape index (κ3) is 17.0. The van der Waals surface area contributed by atoms with E-state index in [9.17, 15) is 14.4 Å². The van der Waals surface area contributed by atoms with Crippen LogP contribution in [0.4, 0.5) is 0 Å². The molecule has 0 aliphatic carbocycles. The quantitative estimate of drug-likeness (QED) is 0.423. The highest BCUT2D eigenvalue weighted by Gasteiger charge is 2.16. The van der Waals surface area contributed by atoms with Crippen molar-refractivity contribution < 1.29 is 39.9 Å². The first-order valence-corrected chi connectivity index (χ1v) is 4.52. The zero-order chi connectivity index (χ0) is 14.2. The van der Waals surface area contributed by atoms with Crippen LogP contribution in [0, 0.1) is 0 Å². The lowest BCUT2D eigenvalue weighted by molar-refractivity contribution is -0.152. The van der Waals surface area contributed by atoms with Crippen LogP contribution in [0.15, 0.2) is 0 Å². The van der Waals surface area contributed by atoms with Gasteiger partial charge in [-0.15, -0.1) is 0 Å². The van der Waals surface area contributed by atoms with Crippen LogP contribution in [-0.2, 0) is 14.4 Å². The van der Waals surface area contributed by atoms with E-state index in [2.05, 4.69) is 0 Å². The van der Waals surface area contributed by atoms with Crippen LogP contribution in [-0.4, -0.2) is 55.1 Å². The number of carboxylic acids is 3. The van der Waals surface area contributed by atoms with Crippen molar-refractivity contribution in [3.8, 4) is 0 Å². The number of carbonyl (C=O) groups is 3. The second kappa shape index (κ2) is 7.58. The molecule has 0 bridgehead atoms. The molecule has 8 nitrogen and oxygen atoms in total. The van der Waals surface area contributed by atoms with Gasteiger partial charge in [0.1, 0.15) is 0 Å². The molecule has 17 heavy (non-hydrogen) atoms. The average Bonchev–Trinajstić information content (AvgIpc) is 1.98. The summed E-state index contributed by atoms with van der Waals surface area (Å²) in [5, 5.41) is 41.0. The normalized spacial score (nSPS) is 12.0. The fourth-order valence-corrected chi connectivity index (χ4v) is 0.623. The van der Waals surface area contributed by atoms with Crippen molar-refractivity contribution in [1.82, 2.24) is 0 Å². The van der Waals surface area contributed by atoms with Gasteiger partial charge in [0.15, 0.2) is 6.10 Å². The highest BCUT2D eigenvalue weighted by molar-refractivity contribution is 5.79. The van der Waals surface area contributed by atoms with Gasteiger partial charge in [-0.25, -0.2) is 4.79 Å². The first-order valence-electron chi connectivity index (χ1n) is 4.52. The highest BCUT2D eigenvalue weighted by atomic mass is 16.4. The van der Waals surface area contributed by atoms with Gasteiger partial charge in [0.2, 0.25) is 0 Å². The van der Waals surface area contributed by atoms with Crippen molar-refractivity contribution in [3.63, 3.8) is 0 Å². The molecule has 8 heteroatoms. The molecule has 0 saturated carbocycles. The molecule has 0 heterocycles. The highest BCUT2D eigenvalue weighted by Crippen LogP contribution is 2.05. The van der Waals surface area contributed by atoms with Crippen molar-refractivity contribution >= 4 is 17.9 Å². The van der Waals surface area contributed by atoms with E-state index in [1.807, 2.05) is 0 Å².